The van der Waals surface area contributed by atoms with E-state index >= 15 is 0 Å². The molecule has 2 aromatic carbocycles. The zero-order valence-electron chi connectivity index (χ0n) is 14.5. The van der Waals surface area contributed by atoms with E-state index in [0.717, 1.165) is 6.42 Å². The number of benzene rings is 2. The van der Waals surface area contributed by atoms with E-state index < -0.39 is 0 Å². The normalized spacial score (nSPS) is 14.0. The number of hydrogen-bond acceptors (Lipinski definition) is 1. The summed E-state index contributed by atoms with van der Waals surface area (Å²) in [5, 5.41) is 14.3. The van der Waals surface area contributed by atoms with Gasteiger partial charge < -0.3 is 29.9 Å². The van der Waals surface area contributed by atoms with E-state index in [4.69, 9.17) is 0 Å². The molecule has 4 rings (SSSR count). The maximum atomic E-state index is 9.36. The van der Waals surface area contributed by atoms with Crippen LogP contribution in [0.4, 0.5) is 0 Å². The third kappa shape index (κ3) is 3.85. The standard InChI is InChI=1S/C22H19O.2ClH.Zr/c1-2-15-10-11-20-18-8-4-3-6-17(18)14-21(20)22(15)19-9-5-7-16(19)12-13-23;;;/h2-8,10-11,23H,9,12-13H2,1H3;2*1H;/q-1;;;+3/p-2. The van der Waals surface area contributed by atoms with Crippen LogP contribution < -0.4 is 35.3 Å². The Morgan fingerprint density at radius 1 is 1.08 bits per heavy atom. The molecule has 0 saturated carbocycles. The smallest absolute Gasteiger partial charge is 1.00 e. The largest absolute Gasteiger partial charge is 3.00 e. The van der Waals surface area contributed by atoms with Gasteiger partial charge in [0, 0.05) is 6.61 Å². The van der Waals surface area contributed by atoms with Gasteiger partial charge in [-0.05, 0) is 25.3 Å². The molecule has 0 fully saturated rings. The van der Waals surface area contributed by atoms with Crippen molar-refractivity contribution in [2.75, 3.05) is 6.61 Å². The first kappa shape index (κ1) is 23.1. The summed E-state index contributed by atoms with van der Waals surface area (Å²) in [6.45, 7) is 2.28. The van der Waals surface area contributed by atoms with Crippen molar-refractivity contribution in [2.24, 2.45) is 0 Å². The average Bonchev–Trinajstić information content (AvgIpc) is 3.18. The predicted octanol–water partition coefficient (Wildman–Crippen LogP) is -3.11. The first-order valence-corrected chi connectivity index (χ1v) is 8.16. The summed E-state index contributed by atoms with van der Waals surface area (Å²) < 4.78 is 0. The fourth-order valence-electron chi connectivity index (χ4n) is 3.67. The number of rotatable bonds is 3. The van der Waals surface area contributed by atoms with E-state index in [1.165, 1.54) is 43.1 Å². The molecule has 0 bridgehead atoms. The first-order chi connectivity index (χ1) is 11.3. The maximum Gasteiger partial charge on any atom is 3.00 e. The minimum atomic E-state index is 0. The number of allylic oxidation sites excluding steroid dienone is 3. The quantitative estimate of drug-likeness (QED) is 0.410. The zero-order valence-corrected chi connectivity index (χ0v) is 18.5. The van der Waals surface area contributed by atoms with Crippen molar-refractivity contribution in [2.45, 2.75) is 19.8 Å². The Bertz CT molecular complexity index is 1070. The summed E-state index contributed by atoms with van der Waals surface area (Å²) in [7, 11) is 0. The van der Waals surface area contributed by atoms with Crippen LogP contribution in [0.1, 0.15) is 30.9 Å². The van der Waals surface area contributed by atoms with E-state index in [-0.39, 0.29) is 57.6 Å². The molecule has 4 heteroatoms. The molecule has 0 saturated heterocycles. The topological polar surface area (TPSA) is 20.2 Å². The molecule has 0 aromatic heterocycles. The minimum absolute atomic E-state index is 0. The number of halogens is 2. The molecule has 2 aliphatic carbocycles. The van der Waals surface area contributed by atoms with Gasteiger partial charge in [0.2, 0.25) is 0 Å². The summed E-state index contributed by atoms with van der Waals surface area (Å²) in [5.41, 5.74) is 5.08. The molecular formula is C22H19Cl2OZr. The van der Waals surface area contributed by atoms with Crippen molar-refractivity contribution in [3.05, 3.63) is 86.1 Å². The molecule has 26 heavy (non-hydrogen) atoms. The molecular weight excluding hydrogens is 442 g/mol. The van der Waals surface area contributed by atoms with E-state index in [0.29, 0.717) is 6.42 Å². The zero-order chi connectivity index (χ0) is 15.8. The van der Waals surface area contributed by atoms with E-state index in [1.807, 2.05) is 0 Å². The molecule has 0 unspecified atom stereocenters. The van der Waals surface area contributed by atoms with Crippen molar-refractivity contribution >= 4 is 17.7 Å². The molecule has 0 atom stereocenters. The first-order valence-electron chi connectivity index (χ1n) is 8.16. The predicted molar refractivity (Wildman–Crippen MR) is 94.8 cm³/mol. The summed E-state index contributed by atoms with van der Waals surface area (Å²) in [5.74, 6) is 0. The van der Waals surface area contributed by atoms with Crippen molar-refractivity contribution in [3.8, 4) is 0 Å². The Kier molecular flexibility index (Phi) is 8.77. The van der Waals surface area contributed by atoms with Gasteiger partial charge in [-0.2, -0.15) is 0 Å². The van der Waals surface area contributed by atoms with Crippen LogP contribution in [0.5, 0.6) is 0 Å². The summed E-state index contributed by atoms with van der Waals surface area (Å²) in [4.78, 5) is 0. The number of aliphatic hydroxyl groups excluding tert-OH is 1. The van der Waals surface area contributed by atoms with Crippen molar-refractivity contribution in [3.63, 3.8) is 0 Å². The van der Waals surface area contributed by atoms with E-state index in [1.54, 1.807) is 0 Å². The molecule has 0 aliphatic heterocycles. The Morgan fingerprint density at radius 2 is 1.85 bits per heavy atom. The molecule has 0 heterocycles. The van der Waals surface area contributed by atoms with Gasteiger partial charge in [0.1, 0.15) is 0 Å². The van der Waals surface area contributed by atoms with E-state index in [9.17, 15) is 5.11 Å². The SMILES string of the molecule is CC=c1ccc2c(c1C1=C(CCO)C=CC1)[C-]=c1ccccc1=2.[Cl-].[Cl-].[Zr+3]. The van der Waals surface area contributed by atoms with Crippen LogP contribution in [0.15, 0.2) is 54.1 Å². The molecule has 2 aromatic rings. The van der Waals surface area contributed by atoms with Crippen molar-refractivity contribution in [1.82, 2.24) is 0 Å². The number of hydrogen-bond donors (Lipinski definition) is 1. The van der Waals surface area contributed by atoms with Crippen LogP contribution in [-0.2, 0) is 26.2 Å². The van der Waals surface area contributed by atoms with Crippen LogP contribution in [0, 0.1) is 10.4 Å². The Balaban J connectivity index is 0.00000113. The van der Waals surface area contributed by atoms with Crippen LogP contribution in [-0.4, -0.2) is 11.7 Å². The molecule has 1 nitrogen and oxygen atoms in total. The minimum Gasteiger partial charge on any atom is -1.00 e. The van der Waals surface area contributed by atoms with Crippen LogP contribution in [0.2, 0.25) is 0 Å². The monoisotopic (exact) mass is 459 g/mol. The van der Waals surface area contributed by atoms with Crippen LogP contribution in [0.25, 0.3) is 17.7 Å². The Labute approximate surface area is 185 Å². The van der Waals surface area contributed by atoms with Gasteiger partial charge in [0.15, 0.2) is 0 Å². The molecule has 0 spiro atoms. The summed E-state index contributed by atoms with van der Waals surface area (Å²) >= 11 is 0. The van der Waals surface area contributed by atoms with Crippen molar-refractivity contribution < 1.29 is 56.1 Å². The molecule has 2 aliphatic rings. The van der Waals surface area contributed by atoms with Gasteiger partial charge in [-0.25, -0.2) is 0 Å². The van der Waals surface area contributed by atoms with Gasteiger partial charge in [-0.15, -0.1) is 33.4 Å². The summed E-state index contributed by atoms with van der Waals surface area (Å²) in [6, 6.07) is 12.9. The van der Waals surface area contributed by atoms with Gasteiger partial charge in [0.05, 0.1) is 0 Å². The third-order valence-corrected chi connectivity index (χ3v) is 4.74. The Hall–Kier alpha value is -0.917. The molecule has 1 radical (unpaired) electrons. The third-order valence-electron chi connectivity index (χ3n) is 4.74. The fourth-order valence-corrected chi connectivity index (χ4v) is 3.67. The second-order valence-corrected chi connectivity index (χ2v) is 6.00. The number of aliphatic hydroxyl groups is 1. The van der Waals surface area contributed by atoms with E-state index in [2.05, 4.69) is 67.6 Å². The second-order valence-electron chi connectivity index (χ2n) is 6.00. The molecule has 0 amide bonds. The van der Waals surface area contributed by atoms with Gasteiger partial charge in [0.25, 0.3) is 0 Å². The Morgan fingerprint density at radius 3 is 2.58 bits per heavy atom. The fraction of sp³-hybridized carbons (Fsp3) is 0.182. The summed E-state index contributed by atoms with van der Waals surface area (Å²) in [6.07, 6.45) is 11.8. The molecule has 131 valence electrons. The number of fused-ring (bicyclic) bond motifs is 2. The van der Waals surface area contributed by atoms with Gasteiger partial charge in [-0.3, -0.25) is 0 Å². The van der Waals surface area contributed by atoms with Crippen molar-refractivity contribution in [1.29, 1.82) is 0 Å². The van der Waals surface area contributed by atoms with Gasteiger partial charge >= 0.3 is 26.2 Å². The van der Waals surface area contributed by atoms with Crippen LogP contribution >= 0.6 is 0 Å². The maximum absolute atomic E-state index is 9.36. The molecule has 1 N–H and O–H groups in total. The van der Waals surface area contributed by atoms with Gasteiger partial charge in [-0.1, -0.05) is 64.9 Å². The van der Waals surface area contributed by atoms with Crippen LogP contribution in [0.3, 0.4) is 0 Å². The average molecular weight is 462 g/mol. The second kappa shape index (κ2) is 9.86.